The standard InChI is InChI=1S/C61H106O6/c1-4-7-10-13-16-19-22-25-28-30-31-32-34-36-39-42-45-48-51-54-60(63)66-57-58(56-65-59(62)53-50-47-44-41-38-35-27-24-21-18-15-12-9-6-3)67-61(64)55-52-49-46-43-40-37-33-29-26-23-20-17-14-11-8-5-2/h9,12,16,18-19,21-22,25,29,33,37,40,58H,4-8,10-11,13-15,17,20,23-24,26-28,30-32,34-36,38-39,41-57H2,1-3H3/b12-9-,19-16-,21-18-,25-22-,33-29-,40-37-. The van der Waals surface area contributed by atoms with Gasteiger partial charge in [0, 0.05) is 19.3 Å². The number of allylic oxidation sites excluding steroid dienone is 12. The van der Waals surface area contributed by atoms with Gasteiger partial charge < -0.3 is 14.2 Å². The maximum Gasteiger partial charge on any atom is 0.306 e. The summed E-state index contributed by atoms with van der Waals surface area (Å²) >= 11 is 0. The Morgan fingerprint density at radius 1 is 0.328 bits per heavy atom. The van der Waals surface area contributed by atoms with Crippen LogP contribution in [0.2, 0.25) is 0 Å². The molecule has 0 aromatic carbocycles. The van der Waals surface area contributed by atoms with Gasteiger partial charge in [0.15, 0.2) is 6.10 Å². The van der Waals surface area contributed by atoms with E-state index < -0.39 is 6.10 Å². The highest BCUT2D eigenvalue weighted by Crippen LogP contribution is 2.15. The van der Waals surface area contributed by atoms with E-state index in [1.54, 1.807) is 0 Å². The van der Waals surface area contributed by atoms with Crippen LogP contribution in [0.1, 0.15) is 278 Å². The molecule has 0 saturated carbocycles. The van der Waals surface area contributed by atoms with Crippen molar-refractivity contribution in [1.29, 1.82) is 0 Å². The number of carbonyl (C=O) groups is 3. The summed E-state index contributed by atoms with van der Waals surface area (Å²) in [7, 11) is 0. The fraction of sp³-hybridized carbons (Fsp3) is 0.754. The second-order valence-corrected chi connectivity index (χ2v) is 18.9. The van der Waals surface area contributed by atoms with Crippen molar-refractivity contribution in [1.82, 2.24) is 0 Å². The molecule has 0 saturated heterocycles. The first-order valence-electron chi connectivity index (χ1n) is 28.5. The molecule has 0 aliphatic carbocycles. The zero-order chi connectivity index (χ0) is 48.6. The first kappa shape index (κ1) is 63.8. The van der Waals surface area contributed by atoms with Crippen LogP contribution >= 0.6 is 0 Å². The van der Waals surface area contributed by atoms with E-state index in [-0.39, 0.29) is 31.1 Å². The third kappa shape index (κ3) is 53.7. The third-order valence-corrected chi connectivity index (χ3v) is 12.2. The number of hydrogen-bond acceptors (Lipinski definition) is 6. The molecule has 67 heavy (non-hydrogen) atoms. The van der Waals surface area contributed by atoms with Crippen molar-refractivity contribution in [3.05, 3.63) is 72.9 Å². The van der Waals surface area contributed by atoms with Gasteiger partial charge >= 0.3 is 17.9 Å². The molecule has 0 aliphatic rings. The van der Waals surface area contributed by atoms with Crippen molar-refractivity contribution in [2.45, 2.75) is 284 Å². The molecule has 1 atom stereocenters. The molecule has 0 N–H and O–H groups in total. The normalized spacial score (nSPS) is 12.6. The summed E-state index contributed by atoms with van der Waals surface area (Å²) in [5, 5.41) is 0. The summed E-state index contributed by atoms with van der Waals surface area (Å²) in [4.78, 5) is 38.1. The van der Waals surface area contributed by atoms with E-state index in [1.807, 2.05) is 0 Å². The lowest BCUT2D eigenvalue weighted by Gasteiger charge is -2.18. The largest absolute Gasteiger partial charge is 0.462 e. The highest BCUT2D eigenvalue weighted by Gasteiger charge is 2.19. The van der Waals surface area contributed by atoms with Gasteiger partial charge in [0.2, 0.25) is 0 Å². The molecule has 0 rings (SSSR count). The van der Waals surface area contributed by atoms with Gasteiger partial charge in [-0.2, -0.15) is 0 Å². The summed E-state index contributed by atoms with van der Waals surface area (Å²) < 4.78 is 16.8. The van der Waals surface area contributed by atoms with E-state index >= 15 is 0 Å². The lowest BCUT2D eigenvalue weighted by atomic mass is 10.1. The molecule has 0 aliphatic heterocycles. The van der Waals surface area contributed by atoms with Crippen molar-refractivity contribution >= 4 is 17.9 Å². The lowest BCUT2D eigenvalue weighted by molar-refractivity contribution is -0.167. The van der Waals surface area contributed by atoms with Gasteiger partial charge in [-0.05, 0) is 96.3 Å². The third-order valence-electron chi connectivity index (χ3n) is 12.2. The van der Waals surface area contributed by atoms with Crippen LogP contribution in [0, 0.1) is 0 Å². The highest BCUT2D eigenvalue weighted by atomic mass is 16.6. The minimum Gasteiger partial charge on any atom is -0.462 e. The second kappa shape index (κ2) is 55.4. The van der Waals surface area contributed by atoms with Crippen LogP contribution in [0.15, 0.2) is 72.9 Å². The second-order valence-electron chi connectivity index (χ2n) is 18.9. The Kier molecular flexibility index (Phi) is 52.8. The summed E-state index contributed by atoms with van der Waals surface area (Å²) in [6, 6.07) is 0. The molecule has 6 heteroatoms. The van der Waals surface area contributed by atoms with E-state index in [2.05, 4.69) is 93.7 Å². The smallest absolute Gasteiger partial charge is 0.306 e. The molecule has 1 unspecified atom stereocenters. The maximum atomic E-state index is 12.8. The number of carbonyl (C=O) groups excluding carboxylic acids is 3. The maximum absolute atomic E-state index is 12.8. The first-order chi connectivity index (χ1) is 33.0. The molecule has 386 valence electrons. The van der Waals surface area contributed by atoms with Crippen molar-refractivity contribution in [2.75, 3.05) is 13.2 Å². The van der Waals surface area contributed by atoms with Crippen molar-refractivity contribution in [2.24, 2.45) is 0 Å². The number of esters is 3. The lowest BCUT2D eigenvalue weighted by Crippen LogP contribution is -2.30. The van der Waals surface area contributed by atoms with E-state index in [1.165, 1.54) is 148 Å². The quantitative estimate of drug-likeness (QED) is 0.0199. The Balaban J connectivity index is 4.41. The fourth-order valence-electron chi connectivity index (χ4n) is 7.93. The molecule has 0 heterocycles. The Hall–Kier alpha value is -3.15. The molecule has 0 spiro atoms. The van der Waals surface area contributed by atoms with Gasteiger partial charge in [-0.15, -0.1) is 0 Å². The molecular weight excluding hydrogens is 829 g/mol. The molecule has 0 radical (unpaired) electrons. The minimum atomic E-state index is -0.794. The van der Waals surface area contributed by atoms with Crippen molar-refractivity contribution in [3.8, 4) is 0 Å². The first-order valence-corrected chi connectivity index (χ1v) is 28.5. The molecule has 0 amide bonds. The van der Waals surface area contributed by atoms with Crippen molar-refractivity contribution in [3.63, 3.8) is 0 Å². The highest BCUT2D eigenvalue weighted by molar-refractivity contribution is 5.71. The summed E-state index contributed by atoms with van der Waals surface area (Å²) in [6.45, 7) is 6.49. The van der Waals surface area contributed by atoms with Crippen LogP contribution in [0.3, 0.4) is 0 Å². The van der Waals surface area contributed by atoms with Gasteiger partial charge in [0.05, 0.1) is 0 Å². The van der Waals surface area contributed by atoms with Crippen LogP contribution in [-0.2, 0) is 28.6 Å². The molecule has 0 fully saturated rings. The summed E-state index contributed by atoms with van der Waals surface area (Å²) in [5.74, 6) is -0.921. The summed E-state index contributed by atoms with van der Waals surface area (Å²) in [5.41, 5.74) is 0. The zero-order valence-electron chi connectivity index (χ0n) is 44.2. The molecule has 0 aromatic rings. The van der Waals surface area contributed by atoms with Gasteiger partial charge in [0.1, 0.15) is 13.2 Å². The molecule has 0 aromatic heterocycles. The Morgan fingerprint density at radius 3 is 1.03 bits per heavy atom. The predicted molar refractivity (Wildman–Crippen MR) is 288 cm³/mol. The predicted octanol–water partition coefficient (Wildman–Crippen LogP) is 19.0. The van der Waals surface area contributed by atoms with Crippen LogP contribution in [0.4, 0.5) is 0 Å². The van der Waals surface area contributed by atoms with E-state index in [0.717, 1.165) is 89.9 Å². The Labute approximate surface area is 414 Å². The van der Waals surface area contributed by atoms with Crippen LogP contribution in [-0.4, -0.2) is 37.2 Å². The number of rotatable bonds is 51. The molecule has 6 nitrogen and oxygen atoms in total. The Bertz CT molecular complexity index is 1260. The topological polar surface area (TPSA) is 78.9 Å². The van der Waals surface area contributed by atoms with Crippen LogP contribution in [0.25, 0.3) is 0 Å². The van der Waals surface area contributed by atoms with Crippen LogP contribution < -0.4 is 0 Å². The molecule has 0 bridgehead atoms. The van der Waals surface area contributed by atoms with E-state index in [4.69, 9.17) is 14.2 Å². The summed E-state index contributed by atoms with van der Waals surface area (Å²) in [6.07, 6.45) is 70.3. The minimum absolute atomic E-state index is 0.0900. The van der Waals surface area contributed by atoms with Gasteiger partial charge in [-0.25, -0.2) is 0 Å². The molecular formula is C61H106O6. The van der Waals surface area contributed by atoms with Gasteiger partial charge in [-0.1, -0.05) is 235 Å². The zero-order valence-corrected chi connectivity index (χ0v) is 44.2. The average molecular weight is 936 g/mol. The number of unbranched alkanes of at least 4 members (excludes halogenated alkanes) is 30. The average Bonchev–Trinajstić information content (AvgIpc) is 3.33. The van der Waals surface area contributed by atoms with Crippen molar-refractivity contribution < 1.29 is 28.6 Å². The van der Waals surface area contributed by atoms with E-state index in [0.29, 0.717) is 19.3 Å². The number of ether oxygens (including phenoxy) is 3. The monoisotopic (exact) mass is 935 g/mol. The van der Waals surface area contributed by atoms with Crippen LogP contribution in [0.5, 0.6) is 0 Å². The Morgan fingerprint density at radius 2 is 0.627 bits per heavy atom. The van der Waals surface area contributed by atoms with Gasteiger partial charge in [-0.3, -0.25) is 14.4 Å². The van der Waals surface area contributed by atoms with E-state index in [9.17, 15) is 14.4 Å². The van der Waals surface area contributed by atoms with Gasteiger partial charge in [0.25, 0.3) is 0 Å². The SMILES string of the molecule is CC/C=C\C/C=C\CCCCCCCCCC(=O)OCC(COC(=O)CCCCCCCCCCCC/C=C\C=C/CCCCC)OC(=O)CCCCC/C=C\C=C/CCCCCCCCC. The fourth-order valence-corrected chi connectivity index (χ4v) is 7.93. The number of hydrogen-bond donors (Lipinski definition) is 0.